The molecule has 0 aliphatic carbocycles. The summed E-state index contributed by atoms with van der Waals surface area (Å²) in [5, 5.41) is 22.7. The summed E-state index contributed by atoms with van der Waals surface area (Å²) < 4.78 is 0. The number of hydrogen-bond acceptors (Lipinski definition) is 3. The molecule has 5 heteroatoms. The second kappa shape index (κ2) is 6.44. The van der Waals surface area contributed by atoms with Gasteiger partial charge in [-0.2, -0.15) is 0 Å². The van der Waals surface area contributed by atoms with E-state index in [1.54, 1.807) is 0 Å². The standard InChI is InChI=1S/C11H14N2O3/c14-11(15)12-8-4-7-10(13-16)9-5-2-1-3-6-9/h1-3,5-6,12,16H,4,7-8H2,(H,14,15)/b13-10-. The average molecular weight is 222 g/mol. The molecule has 0 radical (unpaired) electrons. The van der Waals surface area contributed by atoms with Crippen molar-refractivity contribution in [3.63, 3.8) is 0 Å². The molecule has 3 N–H and O–H groups in total. The van der Waals surface area contributed by atoms with Gasteiger partial charge < -0.3 is 15.6 Å². The Morgan fingerprint density at radius 2 is 2.00 bits per heavy atom. The maximum Gasteiger partial charge on any atom is 0.404 e. The van der Waals surface area contributed by atoms with Crippen LogP contribution in [0, 0.1) is 0 Å². The van der Waals surface area contributed by atoms with Crippen LogP contribution in [0.2, 0.25) is 0 Å². The molecule has 0 atom stereocenters. The van der Waals surface area contributed by atoms with E-state index in [1.807, 2.05) is 30.3 Å². The fourth-order valence-electron chi connectivity index (χ4n) is 1.33. The topological polar surface area (TPSA) is 81.9 Å². The van der Waals surface area contributed by atoms with Crippen LogP contribution in [0.5, 0.6) is 0 Å². The van der Waals surface area contributed by atoms with E-state index in [0.717, 1.165) is 5.56 Å². The van der Waals surface area contributed by atoms with Crippen LogP contribution in [0.15, 0.2) is 35.5 Å². The zero-order valence-corrected chi connectivity index (χ0v) is 8.76. The first-order valence-electron chi connectivity index (χ1n) is 4.97. The van der Waals surface area contributed by atoms with Crippen molar-refractivity contribution in [2.45, 2.75) is 12.8 Å². The van der Waals surface area contributed by atoms with E-state index in [1.165, 1.54) is 0 Å². The van der Waals surface area contributed by atoms with Crippen molar-refractivity contribution in [3.05, 3.63) is 35.9 Å². The lowest BCUT2D eigenvalue weighted by atomic mass is 10.1. The van der Waals surface area contributed by atoms with Crippen molar-refractivity contribution >= 4 is 11.8 Å². The summed E-state index contributed by atoms with van der Waals surface area (Å²) in [6.07, 6.45) is 0.0867. The molecule has 86 valence electrons. The van der Waals surface area contributed by atoms with Gasteiger partial charge in [0.15, 0.2) is 0 Å². The van der Waals surface area contributed by atoms with Crippen LogP contribution in [0.25, 0.3) is 0 Å². The van der Waals surface area contributed by atoms with Crippen LogP contribution in [-0.2, 0) is 0 Å². The van der Waals surface area contributed by atoms with E-state index >= 15 is 0 Å². The summed E-state index contributed by atoms with van der Waals surface area (Å²) in [6.45, 7) is 0.348. The number of nitrogens with zero attached hydrogens (tertiary/aromatic N) is 1. The quantitative estimate of drug-likeness (QED) is 0.308. The van der Waals surface area contributed by atoms with Crippen molar-refractivity contribution in [1.82, 2.24) is 5.32 Å². The minimum Gasteiger partial charge on any atom is -0.465 e. The molecule has 1 aromatic carbocycles. The zero-order valence-electron chi connectivity index (χ0n) is 8.76. The highest BCUT2D eigenvalue weighted by Gasteiger charge is 2.03. The number of carboxylic acid groups (broad SMARTS) is 1. The SMILES string of the molecule is O=C(O)NCCC/C(=N/O)c1ccccc1. The van der Waals surface area contributed by atoms with E-state index in [4.69, 9.17) is 10.3 Å². The van der Waals surface area contributed by atoms with Gasteiger partial charge >= 0.3 is 6.09 Å². The van der Waals surface area contributed by atoms with Crippen LogP contribution in [-0.4, -0.2) is 28.7 Å². The van der Waals surface area contributed by atoms with Gasteiger partial charge in [0.05, 0.1) is 5.71 Å². The molecule has 1 amide bonds. The third kappa shape index (κ3) is 4.00. The van der Waals surface area contributed by atoms with Gasteiger partial charge in [-0.3, -0.25) is 0 Å². The lowest BCUT2D eigenvalue weighted by Gasteiger charge is -2.04. The van der Waals surface area contributed by atoms with E-state index in [9.17, 15) is 4.79 Å². The number of nitrogens with one attached hydrogen (secondary N) is 1. The third-order valence-corrected chi connectivity index (χ3v) is 2.09. The van der Waals surface area contributed by atoms with Gasteiger partial charge in [0.1, 0.15) is 0 Å². The van der Waals surface area contributed by atoms with Crippen molar-refractivity contribution < 1.29 is 15.1 Å². The van der Waals surface area contributed by atoms with Crippen molar-refractivity contribution in [3.8, 4) is 0 Å². The van der Waals surface area contributed by atoms with Crippen LogP contribution >= 0.6 is 0 Å². The Hall–Kier alpha value is -2.04. The minimum atomic E-state index is -1.04. The third-order valence-electron chi connectivity index (χ3n) is 2.09. The Bertz CT molecular complexity index is 363. The fourth-order valence-corrected chi connectivity index (χ4v) is 1.33. The predicted molar refractivity (Wildman–Crippen MR) is 60.0 cm³/mol. The zero-order chi connectivity index (χ0) is 11.8. The molecule has 0 fully saturated rings. The highest BCUT2D eigenvalue weighted by molar-refractivity contribution is 6.00. The first-order chi connectivity index (χ1) is 7.74. The van der Waals surface area contributed by atoms with Gasteiger partial charge in [0.2, 0.25) is 0 Å². The molecule has 0 saturated heterocycles. The van der Waals surface area contributed by atoms with Gasteiger partial charge in [0.25, 0.3) is 0 Å². The molecule has 0 saturated carbocycles. The molecular weight excluding hydrogens is 208 g/mol. The molecule has 0 aliphatic rings. The summed E-state index contributed by atoms with van der Waals surface area (Å²) >= 11 is 0. The number of carbonyl (C=O) groups is 1. The summed E-state index contributed by atoms with van der Waals surface area (Å²) in [7, 11) is 0. The maximum atomic E-state index is 10.2. The summed E-state index contributed by atoms with van der Waals surface area (Å²) in [4.78, 5) is 10.2. The maximum absolute atomic E-state index is 10.2. The van der Waals surface area contributed by atoms with Gasteiger partial charge in [-0.05, 0) is 18.4 Å². The van der Waals surface area contributed by atoms with Crippen molar-refractivity contribution in [1.29, 1.82) is 0 Å². The molecule has 0 aliphatic heterocycles. The molecule has 16 heavy (non-hydrogen) atoms. The Balaban J connectivity index is 2.43. The number of rotatable bonds is 5. The Labute approximate surface area is 93.4 Å². The predicted octanol–water partition coefficient (Wildman–Crippen LogP) is 1.91. The van der Waals surface area contributed by atoms with E-state index in [0.29, 0.717) is 25.1 Å². The van der Waals surface area contributed by atoms with Gasteiger partial charge in [-0.1, -0.05) is 35.5 Å². The lowest BCUT2D eigenvalue weighted by molar-refractivity contribution is 0.194. The monoisotopic (exact) mass is 222 g/mol. The molecule has 1 aromatic rings. The van der Waals surface area contributed by atoms with E-state index in [2.05, 4.69) is 10.5 Å². The van der Waals surface area contributed by atoms with E-state index in [-0.39, 0.29) is 0 Å². The first-order valence-corrected chi connectivity index (χ1v) is 4.97. The molecule has 0 aromatic heterocycles. The van der Waals surface area contributed by atoms with Gasteiger partial charge in [0, 0.05) is 6.54 Å². The molecule has 0 bridgehead atoms. The largest absolute Gasteiger partial charge is 0.465 e. The summed E-state index contributed by atoms with van der Waals surface area (Å²) in [5.41, 5.74) is 1.41. The Morgan fingerprint density at radius 1 is 1.31 bits per heavy atom. The number of oxime groups is 1. The fraction of sp³-hybridized carbons (Fsp3) is 0.273. The summed E-state index contributed by atoms with van der Waals surface area (Å²) in [6, 6.07) is 9.29. The molecule has 0 unspecified atom stereocenters. The smallest absolute Gasteiger partial charge is 0.404 e. The number of hydrogen-bond donors (Lipinski definition) is 3. The van der Waals surface area contributed by atoms with Crippen LogP contribution in [0.4, 0.5) is 4.79 Å². The first kappa shape index (κ1) is 12.0. The second-order valence-corrected chi connectivity index (χ2v) is 3.25. The highest BCUT2D eigenvalue weighted by atomic mass is 16.4. The van der Waals surface area contributed by atoms with Crippen LogP contribution in [0.3, 0.4) is 0 Å². The summed E-state index contributed by atoms with van der Waals surface area (Å²) in [5.74, 6) is 0. The molecule has 0 heterocycles. The van der Waals surface area contributed by atoms with Crippen molar-refractivity contribution in [2.75, 3.05) is 6.54 Å². The van der Waals surface area contributed by atoms with Crippen LogP contribution in [0.1, 0.15) is 18.4 Å². The highest BCUT2D eigenvalue weighted by Crippen LogP contribution is 2.05. The van der Waals surface area contributed by atoms with Crippen molar-refractivity contribution in [2.24, 2.45) is 5.16 Å². The van der Waals surface area contributed by atoms with Gasteiger partial charge in [-0.25, -0.2) is 4.79 Å². The second-order valence-electron chi connectivity index (χ2n) is 3.25. The molecule has 1 rings (SSSR count). The number of benzene rings is 1. The van der Waals surface area contributed by atoms with Crippen LogP contribution < -0.4 is 5.32 Å². The average Bonchev–Trinajstić information content (AvgIpc) is 2.30. The molecule has 0 spiro atoms. The normalized spacial score (nSPS) is 11.1. The lowest BCUT2D eigenvalue weighted by Crippen LogP contribution is -2.22. The molecular formula is C11H14N2O3. The minimum absolute atomic E-state index is 0.348. The Kier molecular flexibility index (Phi) is 4.85. The van der Waals surface area contributed by atoms with Gasteiger partial charge in [-0.15, -0.1) is 0 Å². The van der Waals surface area contributed by atoms with E-state index < -0.39 is 6.09 Å². The Morgan fingerprint density at radius 3 is 2.56 bits per heavy atom. The molecule has 5 nitrogen and oxygen atoms in total. The number of amides is 1.